The highest BCUT2D eigenvalue weighted by molar-refractivity contribution is 5.85. The van der Waals surface area contributed by atoms with Crippen molar-refractivity contribution >= 4 is 12.0 Å². The number of amides is 2. The Labute approximate surface area is 166 Å². The zero-order chi connectivity index (χ0) is 19.9. The van der Waals surface area contributed by atoms with Crippen LogP contribution in [0.25, 0.3) is 0 Å². The third-order valence-corrected chi connectivity index (χ3v) is 5.40. The Hall–Kier alpha value is -2.12. The van der Waals surface area contributed by atoms with Gasteiger partial charge in [0.15, 0.2) is 0 Å². The van der Waals surface area contributed by atoms with E-state index >= 15 is 0 Å². The topological polar surface area (TPSA) is 79.9 Å². The molecule has 1 aromatic carbocycles. The van der Waals surface area contributed by atoms with E-state index in [0.29, 0.717) is 12.6 Å². The summed E-state index contributed by atoms with van der Waals surface area (Å²) in [5.41, 5.74) is 0.901. The van der Waals surface area contributed by atoms with Crippen molar-refractivity contribution in [2.45, 2.75) is 51.5 Å². The number of ether oxygens (including phenoxy) is 2. The molecule has 2 amide bonds. The van der Waals surface area contributed by atoms with E-state index in [4.69, 9.17) is 9.47 Å². The van der Waals surface area contributed by atoms with E-state index in [0.717, 1.165) is 25.3 Å². The van der Waals surface area contributed by atoms with E-state index in [2.05, 4.69) is 15.5 Å². The number of carbonyl (C=O) groups is 2. The van der Waals surface area contributed by atoms with Crippen LogP contribution in [-0.4, -0.2) is 61.3 Å². The molecule has 0 saturated carbocycles. The van der Waals surface area contributed by atoms with E-state index in [1.54, 1.807) is 0 Å². The first kappa shape index (κ1) is 20.6. The maximum absolute atomic E-state index is 12.6. The van der Waals surface area contributed by atoms with E-state index in [9.17, 15) is 9.59 Å². The lowest BCUT2D eigenvalue weighted by molar-refractivity contribution is -0.125. The summed E-state index contributed by atoms with van der Waals surface area (Å²) in [4.78, 5) is 27.2. The van der Waals surface area contributed by atoms with Gasteiger partial charge in [-0.15, -0.1) is 0 Å². The molecule has 0 aliphatic carbocycles. The third-order valence-electron chi connectivity index (χ3n) is 5.40. The van der Waals surface area contributed by atoms with Gasteiger partial charge >= 0.3 is 6.09 Å². The SMILES string of the molecule is CC(C)[C@H](NC(=O)OCc1ccccc1)C(=O)NC[C@H]1CN2CCC[C@@H]2CO1. The van der Waals surface area contributed by atoms with Crippen LogP contribution in [0.2, 0.25) is 0 Å². The highest BCUT2D eigenvalue weighted by Gasteiger charge is 2.33. The molecule has 3 atom stereocenters. The molecule has 0 spiro atoms. The van der Waals surface area contributed by atoms with Crippen LogP contribution >= 0.6 is 0 Å². The van der Waals surface area contributed by atoms with Gasteiger partial charge in [0.25, 0.3) is 0 Å². The van der Waals surface area contributed by atoms with Gasteiger partial charge in [-0.2, -0.15) is 0 Å². The molecule has 3 rings (SSSR count). The maximum atomic E-state index is 12.6. The highest BCUT2D eigenvalue weighted by Crippen LogP contribution is 2.22. The Bertz CT molecular complexity index is 652. The monoisotopic (exact) mass is 389 g/mol. The third kappa shape index (κ3) is 5.69. The molecule has 154 valence electrons. The molecule has 2 saturated heterocycles. The summed E-state index contributed by atoms with van der Waals surface area (Å²) in [5.74, 6) is -0.265. The molecule has 2 heterocycles. The second kappa shape index (κ2) is 9.89. The van der Waals surface area contributed by atoms with Crippen LogP contribution in [0.5, 0.6) is 0 Å². The van der Waals surface area contributed by atoms with Gasteiger partial charge in [-0.05, 0) is 30.9 Å². The zero-order valence-electron chi connectivity index (χ0n) is 16.7. The van der Waals surface area contributed by atoms with Crippen LogP contribution in [0.15, 0.2) is 30.3 Å². The van der Waals surface area contributed by atoms with Crippen LogP contribution in [0.4, 0.5) is 4.79 Å². The summed E-state index contributed by atoms with van der Waals surface area (Å²) in [6.07, 6.45) is 1.82. The minimum atomic E-state index is -0.647. The maximum Gasteiger partial charge on any atom is 0.408 e. The van der Waals surface area contributed by atoms with Crippen molar-refractivity contribution in [3.8, 4) is 0 Å². The number of fused-ring (bicyclic) bond motifs is 1. The molecule has 0 aromatic heterocycles. The van der Waals surface area contributed by atoms with Crippen LogP contribution in [0.3, 0.4) is 0 Å². The van der Waals surface area contributed by atoms with E-state index in [-0.39, 0.29) is 24.5 Å². The molecule has 2 fully saturated rings. The first-order chi connectivity index (χ1) is 13.5. The van der Waals surface area contributed by atoms with Gasteiger partial charge in [-0.1, -0.05) is 44.2 Å². The number of nitrogens with zero attached hydrogens (tertiary/aromatic N) is 1. The Balaban J connectivity index is 1.43. The molecule has 0 unspecified atom stereocenters. The normalized spacial score (nSPS) is 23.1. The predicted molar refractivity (Wildman–Crippen MR) is 106 cm³/mol. The number of carbonyl (C=O) groups excluding carboxylic acids is 2. The second-order valence-electron chi connectivity index (χ2n) is 7.92. The van der Waals surface area contributed by atoms with Crippen molar-refractivity contribution in [3.05, 3.63) is 35.9 Å². The summed E-state index contributed by atoms with van der Waals surface area (Å²) in [5, 5.41) is 5.62. The molecule has 1 aromatic rings. The van der Waals surface area contributed by atoms with Gasteiger partial charge in [0.1, 0.15) is 12.6 Å². The van der Waals surface area contributed by atoms with Crippen molar-refractivity contribution in [3.63, 3.8) is 0 Å². The van der Waals surface area contributed by atoms with Crippen molar-refractivity contribution in [2.24, 2.45) is 5.92 Å². The molecule has 2 aliphatic heterocycles. The Kier molecular flexibility index (Phi) is 7.28. The van der Waals surface area contributed by atoms with Crippen molar-refractivity contribution in [1.82, 2.24) is 15.5 Å². The van der Waals surface area contributed by atoms with Gasteiger partial charge in [-0.3, -0.25) is 9.69 Å². The minimum Gasteiger partial charge on any atom is -0.445 e. The molecule has 2 N–H and O–H groups in total. The lowest BCUT2D eigenvalue weighted by Crippen LogP contribution is -2.54. The number of nitrogens with one attached hydrogen (secondary N) is 2. The Morgan fingerprint density at radius 2 is 2.07 bits per heavy atom. The summed E-state index contributed by atoms with van der Waals surface area (Å²) in [6, 6.07) is 9.34. The average molecular weight is 389 g/mol. The number of hydrogen-bond acceptors (Lipinski definition) is 5. The van der Waals surface area contributed by atoms with E-state index in [1.807, 2.05) is 44.2 Å². The largest absolute Gasteiger partial charge is 0.445 e. The first-order valence-corrected chi connectivity index (χ1v) is 10.1. The standard InChI is InChI=1S/C21H31N3O4/c1-15(2)19(23-21(26)28-13-16-7-4-3-5-8-16)20(25)22-11-18-12-24-10-6-9-17(24)14-27-18/h3-5,7-8,15,17-19H,6,9-14H2,1-2H3,(H,22,25)(H,23,26)/t17-,18+,19+/m1/s1. The molecule has 2 aliphatic rings. The van der Waals surface area contributed by atoms with Crippen LogP contribution in [-0.2, 0) is 20.9 Å². The van der Waals surface area contributed by atoms with Crippen LogP contribution in [0.1, 0.15) is 32.3 Å². The smallest absolute Gasteiger partial charge is 0.408 e. The number of benzene rings is 1. The van der Waals surface area contributed by atoms with Crippen LogP contribution in [0, 0.1) is 5.92 Å². The van der Waals surface area contributed by atoms with E-state index < -0.39 is 12.1 Å². The van der Waals surface area contributed by atoms with Gasteiger partial charge in [0.05, 0.1) is 12.7 Å². The Morgan fingerprint density at radius 3 is 2.82 bits per heavy atom. The molecule has 0 radical (unpaired) electrons. The molecular formula is C21H31N3O4. The van der Waals surface area contributed by atoms with Crippen molar-refractivity contribution in [2.75, 3.05) is 26.2 Å². The fourth-order valence-electron chi connectivity index (χ4n) is 3.76. The van der Waals surface area contributed by atoms with Gasteiger partial charge < -0.3 is 20.1 Å². The second-order valence-corrected chi connectivity index (χ2v) is 7.92. The lowest BCUT2D eigenvalue weighted by Gasteiger charge is -2.35. The van der Waals surface area contributed by atoms with Gasteiger partial charge in [-0.25, -0.2) is 4.79 Å². The quantitative estimate of drug-likeness (QED) is 0.745. The first-order valence-electron chi connectivity index (χ1n) is 10.1. The highest BCUT2D eigenvalue weighted by atomic mass is 16.5. The van der Waals surface area contributed by atoms with Gasteiger partial charge in [0.2, 0.25) is 5.91 Å². The lowest BCUT2D eigenvalue weighted by atomic mass is 10.0. The minimum absolute atomic E-state index is 0.00357. The van der Waals surface area contributed by atoms with Gasteiger partial charge in [0, 0.05) is 19.1 Å². The summed E-state index contributed by atoms with van der Waals surface area (Å²) in [7, 11) is 0. The van der Waals surface area contributed by atoms with E-state index in [1.165, 1.54) is 12.8 Å². The number of rotatable bonds is 7. The van der Waals surface area contributed by atoms with Crippen molar-refractivity contribution in [1.29, 1.82) is 0 Å². The fourth-order valence-corrected chi connectivity index (χ4v) is 3.76. The number of morpholine rings is 1. The summed E-state index contributed by atoms with van der Waals surface area (Å²) >= 11 is 0. The zero-order valence-corrected chi connectivity index (χ0v) is 16.7. The Morgan fingerprint density at radius 1 is 1.29 bits per heavy atom. The predicted octanol–water partition coefficient (Wildman–Crippen LogP) is 1.92. The summed E-state index contributed by atoms with van der Waals surface area (Å²) < 4.78 is 11.1. The van der Waals surface area contributed by atoms with Crippen LogP contribution < -0.4 is 10.6 Å². The molecule has 28 heavy (non-hydrogen) atoms. The molecule has 7 heteroatoms. The molecule has 0 bridgehead atoms. The average Bonchev–Trinajstić information content (AvgIpc) is 3.17. The fraction of sp³-hybridized carbons (Fsp3) is 0.619. The van der Waals surface area contributed by atoms with Crippen molar-refractivity contribution < 1.29 is 19.1 Å². The number of hydrogen-bond donors (Lipinski definition) is 2. The number of alkyl carbamates (subject to hydrolysis) is 1. The molecular weight excluding hydrogens is 358 g/mol. The molecule has 7 nitrogen and oxygen atoms in total. The summed E-state index contributed by atoms with van der Waals surface area (Å²) in [6.45, 7) is 7.11.